The Morgan fingerprint density at radius 1 is 1.22 bits per heavy atom. The van der Waals surface area contributed by atoms with Gasteiger partial charge in [0.05, 0.1) is 11.4 Å². The van der Waals surface area contributed by atoms with Crippen LogP contribution in [0.5, 0.6) is 0 Å². The molecule has 0 saturated carbocycles. The first-order valence-electron chi connectivity index (χ1n) is 8.64. The molecule has 0 amide bonds. The first kappa shape index (κ1) is 20.1. The molecule has 27 heavy (non-hydrogen) atoms. The molecular formula is C22H23NO4. The topological polar surface area (TPSA) is 76.5 Å². The monoisotopic (exact) mass is 365 g/mol. The second kappa shape index (κ2) is 8.45. The molecule has 2 rings (SSSR count). The van der Waals surface area contributed by atoms with E-state index in [1.807, 2.05) is 31.2 Å². The number of nitrogens with zero attached hydrogens (tertiary/aromatic N) is 1. The molecule has 0 aliphatic rings. The van der Waals surface area contributed by atoms with E-state index in [1.54, 1.807) is 25.1 Å². The zero-order chi connectivity index (χ0) is 20.0. The number of pyridine rings is 1. The molecular weight excluding hydrogens is 342 g/mol. The van der Waals surface area contributed by atoms with Crippen LogP contribution in [0.2, 0.25) is 0 Å². The second-order valence-corrected chi connectivity index (χ2v) is 6.18. The van der Waals surface area contributed by atoms with Crippen molar-refractivity contribution in [2.75, 3.05) is 0 Å². The summed E-state index contributed by atoms with van der Waals surface area (Å²) in [5.41, 5.74) is 1.67. The zero-order valence-corrected chi connectivity index (χ0v) is 15.7. The van der Waals surface area contributed by atoms with E-state index < -0.39 is 17.5 Å². The Hall–Kier alpha value is -3.21. The molecule has 1 unspecified atom stereocenters. The Labute approximate surface area is 159 Å². The lowest BCUT2D eigenvalue weighted by Crippen LogP contribution is -2.32. The summed E-state index contributed by atoms with van der Waals surface area (Å²) in [6.45, 7) is 8.93. The standard InChI is InChI=1S/C22H23NO4/c1-5-17(21(25)26)14-19-8-7-9-20(23-19)22(6-2,27-16(4)24)18-12-10-15(3)11-13-18/h6-14H,2,5H2,1,3-4H3,(H,25,26)/b17-14+. The molecule has 5 nitrogen and oxygen atoms in total. The quantitative estimate of drug-likeness (QED) is 0.451. The van der Waals surface area contributed by atoms with E-state index in [0.717, 1.165) is 5.56 Å². The second-order valence-electron chi connectivity index (χ2n) is 6.18. The SMILES string of the molecule is C=CC(OC(C)=O)(c1ccc(C)cc1)c1cccc(/C=C(\CC)C(=O)O)n1. The highest BCUT2D eigenvalue weighted by molar-refractivity contribution is 5.91. The van der Waals surface area contributed by atoms with E-state index in [9.17, 15) is 14.7 Å². The number of esters is 1. The third-order valence-corrected chi connectivity index (χ3v) is 4.20. The lowest BCUT2D eigenvalue weighted by atomic mass is 9.88. The van der Waals surface area contributed by atoms with Crippen LogP contribution < -0.4 is 0 Å². The molecule has 1 heterocycles. The number of aryl methyl sites for hydroxylation is 1. The number of carbonyl (C=O) groups is 2. The summed E-state index contributed by atoms with van der Waals surface area (Å²) < 4.78 is 5.68. The number of carboxylic acids is 1. The maximum Gasteiger partial charge on any atom is 0.331 e. The number of hydrogen-bond donors (Lipinski definition) is 1. The molecule has 1 N–H and O–H groups in total. The van der Waals surface area contributed by atoms with Crippen molar-refractivity contribution in [2.24, 2.45) is 0 Å². The first-order valence-corrected chi connectivity index (χ1v) is 8.64. The van der Waals surface area contributed by atoms with Gasteiger partial charge in [0.15, 0.2) is 5.60 Å². The van der Waals surface area contributed by atoms with E-state index in [0.29, 0.717) is 23.4 Å². The van der Waals surface area contributed by atoms with Gasteiger partial charge in [0, 0.05) is 18.1 Å². The lowest BCUT2D eigenvalue weighted by Gasteiger charge is -2.30. The van der Waals surface area contributed by atoms with Crippen LogP contribution in [0.3, 0.4) is 0 Å². The van der Waals surface area contributed by atoms with Gasteiger partial charge in [-0.25, -0.2) is 9.78 Å². The largest absolute Gasteiger partial charge is 0.478 e. The summed E-state index contributed by atoms with van der Waals surface area (Å²) in [6.07, 6.45) is 3.42. The molecule has 0 bridgehead atoms. The number of benzene rings is 1. The predicted molar refractivity (Wildman–Crippen MR) is 104 cm³/mol. The zero-order valence-electron chi connectivity index (χ0n) is 15.7. The summed E-state index contributed by atoms with van der Waals surface area (Å²) in [4.78, 5) is 27.7. The minimum atomic E-state index is -1.26. The Bertz CT molecular complexity index is 883. The van der Waals surface area contributed by atoms with E-state index in [1.165, 1.54) is 19.1 Å². The van der Waals surface area contributed by atoms with Gasteiger partial charge in [-0.05, 0) is 37.6 Å². The van der Waals surface area contributed by atoms with Gasteiger partial charge in [-0.3, -0.25) is 4.79 Å². The van der Waals surface area contributed by atoms with Crippen LogP contribution in [0.15, 0.2) is 60.7 Å². The number of aromatic nitrogens is 1. The molecule has 0 fully saturated rings. The van der Waals surface area contributed by atoms with Crippen LogP contribution in [0.25, 0.3) is 6.08 Å². The fourth-order valence-electron chi connectivity index (χ4n) is 2.78. The van der Waals surface area contributed by atoms with Gasteiger partial charge in [-0.15, -0.1) is 0 Å². The van der Waals surface area contributed by atoms with Crippen molar-refractivity contribution in [3.8, 4) is 0 Å². The fourth-order valence-corrected chi connectivity index (χ4v) is 2.78. The number of aliphatic carboxylic acids is 1. The Morgan fingerprint density at radius 2 is 1.89 bits per heavy atom. The van der Waals surface area contributed by atoms with Crippen LogP contribution in [0.1, 0.15) is 42.8 Å². The van der Waals surface area contributed by atoms with E-state index in [-0.39, 0.29) is 5.57 Å². The minimum absolute atomic E-state index is 0.242. The third kappa shape index (κ3) is 4.50. The summed E-state index contributed by atoms with van der Waals surface area (Å²) in [7, 11) is 0. The van der Waals surface area contributed by atoms with Crippen LogP contribution in [0, 0.1) is 6.92 Å². The van der Waals surface area contributed by atoms with E-state index >= 15 is 0 Å². The van der Waals surface area contributed by atoms with Crippen molar-refractivity contribution >= 4 is 18.0 Å². The summed E-state index contributed by atoms with van der Waals surface area (Å²) >= 11 is 0. The molecule has 0 radical (unpaired) electrons. The molecule has 0 aliphatic carbocycles. The van der Waals surface area contributed by atoms with Crippen molar-refractivity contribution in [1.82, 2.24) is 4.98 Å². The van der Waals surface area contributed by atoms with Crippen molar-refractivity contribution in [3.05, 3.63) is 83.2 Å². The number of rotatable bonds is 7. The van der Waals surface area contributed by atoms with E-state index in [4.69, 9.17) is 4.74 Å². The minimum Gasteiger partial charge on any atom is -0.478 e. The van der Waals surface area contributed by atoms with Crippen LogP contribution >= 0.6 is 0 Å². The van der Waals surface area contributed by atoms with E-state index in [2.05, 4.69) is 11.6 Å². The molecule has 140 valence electrons. The number of hydrogen-bond acceptors (Lipinski definition) is 4. The van der Waals surface area contributed by atoms with Gasteiger partial charge < -0.3 is 9.84 Å². The normalized spacial score (nSPS) is 13.5. The van der Waals surface area contributed by atoms with Gasteiger partial charge in [-0.1, -0.05) is 49.4 Å². The van der Waals surface area contributed by atoms with Crippen molar-refractivity contribution in [1.29, 1.82) is 0 Å². The molecule has 5 heteroatoms. The highest BCUT2D eigenvalue weighted by atomic mass is 16.6. The number of carbonyl (C=O) groups excluding carboxylic acids is 1. The van der Waals surface area contributed by atoms with Gasteiger partial charge >= 0.3 is 11.9 Å². The summed E-state index contributed by atoms with van der Waals surface area (Å²) in [6, 6.07) is 12.7. The summed E-state index contributed by atoms with van der Waals surface area (Å²) in [5, 5.41) is 9.25. The van der Waals surface area contributed by atoms with Gasteiger partial charge in [0.2, 0.25) is 0 Å². The maximum absolute atomic E-state index is 11.8. The van der Waals surface area contributed by atoms with Crippen molar-refractivity contribution < 1.29 is 19.4 Å². The average molecular weight is 365 g/mol. The number of carboxylic acid groups (broad SMARTS) is 1. The smallest absolute Gasteiger partial charge is 0.331 e. The molecule has 1 aromatic heterocycles. The van der Waals surface area contributed by atoms with Crippen molar-refractivity contribution in [3.63, 3.8) is 0 Å². The Balaban J connectivity index is 2.65. The molecule has 0 aliphatic heterocycles. The lowest BCUT2D eigenvalue weighted by molar-refractivity contribution is -0.150. The average Bonchev–Trinajstić information content (AvgIpc) is 2.64. The molecule has 2 aromatic rings. The molecule has 0 saturated heterocycles. The van der Waals surface area contributed by atoms with Crippen molar-refractivity contribution in [2.45, 2.75) is 32.8 Å². The summed E-state index contributed by atoms with van der Waals surface area (Å²) in [5.74, 6) is -1.46. The van der Waals surface area contributed by atoms with Gasteiger partial charge in [-0.2, -0.15) is 0 Å². The van der Waals surface area contributed by atoms with Gasteiger partial charge in [0.25, 0.3) is 0 Å². The van der Waals surface area contributed by atoms with Crippen LogP contribution in [-0.2, 0) is 19.9 Å². The predicted octanol–water partition coefficient (Wildman–Crippen LogP) is 4.26. The highest BCUT2D eigenvalue weighted by Crippen LogP contribution is 2.34. The molecule has 1 aromatic carbocycles. The number of ether oxygens (including phenoxy) is 1. The van der Waals surface area contributed by atoms with Crippen LogP contribution in [-0.4, -0.2) is 22.0 Å². The Kier molecular flexibility index (Phi) is 6.29. The maximum atomic E-state index is 11.8. The molecule has 0 spiro atoms. The first-order chi connectivity index (χ1) is 12.8. The molecule has 1 atom stereocenters. The van der Waals surface area contributed by atoms with Gasteiger partial charge in [0.1, 0.15) is 0 Å². The highest BCUT2D eigenvalue weighted by Gasteiger charge is 2.36. The Morgan fingerprint density at radius 3 is 2.41 bits per heavy atom. The third-order valence-electron chi connectivity index (χ3n) is 4.20. The fraction of sp³-hybridized carbons (Fsp3) is 0.227. The van der Waals surface area contributed by atoms with Crippen LogP contribution in [0.4, 0.5) is 0 Å².